The van der Waals surface area contributed by atoms with Crippen molar-refractivity contribution in [3.8, 4) is 17.2 Å². The fourth-order valence-corrected chi connectivity index (χ4v) is 4.16. The number of carbonyl (C=O) groups is 1. The van der Waals surface area contributed by atoms with E-state index in [0.29, 0.717) is 22.9 Å². The van der Waals surface area contributed by atoms with Crippen molar-refractivity contribution in [3.05, 3.63) is 71.8 Å². The molecule has 3 aromatic carbocycles. The molecule has 0 radical (unpaired) electrons. The summed E-state index contributed by atoms with van der Waals surface area (Å²) in [5.41, 5.74) is 2.90. The van der Waals surface area contributed by atoms with Crippen LogP contribution in [0.3, 0.4) is 0 Å². The summed E-state index contributed by atoms with van der Waals surface area (Å²) in [6.45, 7) is 5.62. The summed E-state index contributed by atoms with van der Waals surface area (Å²) in [5.74, 6) is 1.08. The van der Waals surface area contributed by atoms with Crippen molar-refractivity contribution >= 4 is 27.3 Å². The lowest BCUT2D eigenvalue weighted by Crippen LogP contribution is -2.30. The molecule has 34 heavy (non-hydrogen) atoms. The summed E-state index contributed by atoms with van der Waals surface area (Å²) in [6.07, 6.45) is -0.743. The molecule has 1 atom stereocenters. The maximum absolute atomic E-state index is 12.9. The average molecular weight is 485 g/mol. The first kappa shape index (κ1) is 24.9. The van der Waals surface area contributed by atoms with E-state index in [1.165, 1.54) is 44.6 Å². The maximum Gasteiger partial charge on any atom is 0.265 e. The van der Waals surface area contributed by atoms with E-state index in [0.717, 1.165) is 11.1 Å². The van der Waals surface area contributed by atoms with Gasteiger partial charge < -0.3 is 19.5 Å². The first-order valence-corrected chi connectivity index (χ1v) is 12.0. The Morgan fingerprint density at radius 1 is 0.853 bits per heavy atom. The fraction of sp³-hybridized carbons (Fsp3) is 0.240. The summed E-state index contributed by atoms with van der Waals surface area (Å²) < 4.78 is 44.3. The van der Waals surface area contributed by atoms with Crippen molar-refractivity contribution in [2.45, 2.75) is 31.8 Å². The molecule has 180 valence electrons. The van der Waals surface area contributed by atoms with Crippen LogP contribution >= 0.6 is 0 Å². The van der Waals surface area contributed by atoms with Crippen LogP contribution < -0.4 is 24.2 Å². The molecule has 0 fully saturated rings. The summed E-state index contributed by atoms with van der Waals surface area (Å²) in [5, 5.41) is 2.73. The highest BCUT2D eigenvalue weighted by atomic mass is 32.2. The number of methoxy groups -OCH3 is 2. The van der Waals surface area contributed by atoms with Gasteiger partial charge in [-0.1, -0.05) is 6.07 Å². The van der Waals surface area contributed by atoms with Gasteiger partial charge in [0, 0.05) is 11.8 Å². The second kappa shape index (κ2) is 10.5. The van der Waals surface area contributed by atoms with Gasteiger partial charge in [0.05, 0.1) is 24.8 Å². The quantitative estimate of drug-likeness (QED) is 0.463. The molecule has 0 aliphatic heterocycles. The number of aryl methyl sites for hydroxylation is 2. The number of amides is 1. The van der Waals surface area contributed by atoms with E-state index in [1.54, 1.807) is 19.1 Å². The summed E-state index contributed by atoms with van der Waals surface area (Å²) in [6, 6.07) is 16.3. The molecule has 0 heterocycles. The molecule has 1 amide bonds. The molecule has 0 aliphatic rings. The van der Waals surface area contributed by atoms with Crippen molar-refractivity contribution in [1.82, 2.24) is 0 Å². The highest BCUT2D eigenvalue weighted by Gasteiger charge is 2.19. The Labute approximate surface area is 199 Å². The number of benzene rings is 3. The average Bonchev–Trinajstić information content (AvgIpc) is 2.81. The molecule has 0 spiro atoms. The van der Waals surface area contributed by atoms with Crippen LogP contribution in [0.1, 0.15) is 18.1 Å². The Kier molecular flexibility index (Phi) is 7.68. The number of carbonyl (C=O) groups excluding carboxylic acids is 1. The Morgan fingerprint density at radius 2 is 1.53 bits per heavy atom. The summed E-state index contributed by atoms with van der Waals surface area (Å²) >= 11 is 0. The molecule has 3 rings (SSSR count). The van der Waals surface area contributed by atoms with Crippen LogP contribution in [0.2, 0.25) is 0 Å². The third-order valence-electron chi connectivity index (χ3n) is 5.24. The molecule has 2 N–H and O–H groups in total. The minimum atomic E-state index is -3.90. The van der Waals surface area contributed by atoms with Crippen LogP contribution in [-0.4, -0.2) is 34.6 Å². The molecule has 0 saturated heterocycles. The highest BCUT2D eigenvalue weighted by Crippen LogP contribution is 2.31. The fourth-order valence-electron chi connectivity index (χ4n) is 3.10. The second-order valence-corrected chi connectivity index (χ2v) is 9.37. The molecule has 0 unspecified atom stereocenters. The van der Waals surface area contributed by atoms with Crippen molar-refractivity contribution in [3.63, 3.8) is 0 Å². The van der Waals surface area contributed by atoms with E-state index in [2.05, 4.69) is 10.0 Å². The lowest BCUT2D eigenvalue weighted by Gasteiger charge is -2.16. The van der Waals surface area contributed by atoms with Crippen LogP contribution in [0.25, 0.3) is 0 Å². The number of anilines is 2. The lowest BCUT2D eigenvalue weighted by atomic mass is 10.1. The predicted octanol–water partition coefficient (Wildman–Crippen LogP) is 4.53. The van der Waals surface area contributed by atoms with E-state index in [-0.39, 0.29) is 16.5 Å². The summed E-state index contributed by atoms with van der Waals surface area (Å²) in [4.78, 5) is 12.6. The molecular weight excluding hydrogens is 456 g/mol. The second-order valence-electron chi connectivity index (χ2n) is 7.69. The zero-order valence-electron chi connectivity index (χ0n) is 19.7. The zero-order chi connectivity index (χ0) is 24.9. The number of sulfonamides is 1. The molecule has 8 nitrogen and oxygen atoms in total. The largest absolute Gasteiger partial charge is 0.497 e. The van der Waals surface area contributed by atoms with E-state index < -0.39 is 16.1 Å². The number of rotatable bonds is 9. The van der Waals surface area contributed by atoms with Gasteiger partial charge in [-0.2, -0.15) is 0 Å². The first-order valence-electron chi connectivity index (χ1n) is 10.5. The van der Waals surface area contributed by atoms with Crippen LogP contribution in [-0.2, 0) is 14.8 Å². The molecule has 0 saturated carbocycles. The lowest BCUT2D eigenvalue weighted by molar-refractivity contribution is -0.122. The van der Waals surface area contributed by atoms with Crippen LogP contribution in [0.4, 0.5) is 11.4 Å². The Bertz CT molecular complexity index is 1270. The zero-order valence-corrected chi connectivity index (χ0v) is 20.5. The normalized spacial score (nSPS) is 11.9. The Hall–Kier alpha value is -3.72. The van der Waals surface area contributed by atoms with Gasteiger partial charge in [-0.15, -0.1) is 0 Å². The standard InChI is InChI=1S/C25H28N2O6S/c1-16-6-9-21(14-17(16)2)33-18(3)25(28)26-19-7-11-22(12-8-19)34(29,30)27-23-15-20(31-4)10-13-24(23)32-5/h6-15,18,27H,1-5H3,(H,26,28)/t18-/m0/s1. The van der Waals surface area contributed by atoms with Gasteiger partial charge in [-0.05, 0) is 80.4 Å². The topological polar surface area (TPSA) is 103 Å². The van der Waals surface area contributed by atoms with Crippen molar-refractivity contribution in [2.24, 2.45) is 0 Å². The number of ether oxygens (including phenoxy) is 3. The van der Waals surface area contributed by atoms with Gasteiger partial charge in [0.2, 0.25) is 0 Å². The van der Waals surface area contributed by atoms with Gasteiger partial charge >= 0.3 is 0 Å². The number of hydrogen-bond donors (Lipinski definition) is 2. The predicted molar refractivity (Wildman–Crippen MR) is 131 cm³/mol. The molecule has 3 aromatic rings. The highest BCUT2D eigenvalue weighted by molar-refractivity contribution is 7.92. The van der Waals surface area contributed by atoms with Crippen molar-refractivity contribution in [2.75, 3.05) is 24.3 Å². The Morgan fingerprint density at radius 3 is 2.15 bits per heavy atom. The third kappa shape index (κ3) is 5.99. The van der Waals surface area contributed by atoms with E-state index >= 15 is 0 Å². The van der Waals surface area contributed by atoms with E-state index in [4.69, 9.17) is 14.2 Å². The molecule has 9 heteroatoms. The van der Waals surface area contributed by atoms with Crippen molar-refractivity contribution in [1.29, 1.82) is 0 Å². The smallest absolute Gasteiger partial charge is 0.265 e. The van der Waals surface area contributed by atoms with Gasteiger partial charge in [-0.25, -0.2) is 8.42 Å². The van der Waals surface area contributed by atoms with Crippen LogP contribution in [0.5, 0.6) is 17.2 Å². The minimum absolute atomic E-state index is 0.0230. The molecule has 0 aliphatic carbocycles. The third-order valence-corrected chi connectivity index (χ3v) is 6.62. The van der Waals surface area contributed by atoms with Gasteiger partial charge in [0.25, 0.3) is 15.9 Å². The van der Waals surface area contributed by atoms with E-state index in [9.17, 15) is 13.2 Å². The monoisotopic (exact) mass is 484 g/mol. The first-order chi connectivity index (χ1) is 16.1. The van der Waals surface area contributed by atoms with Gasteiger partial charge in [0.15, 0.2) is 6.10 Å². The molecule has 0 bridgehead atoms. The molecule has 0 aromatic heterocycles. The van der Waals surface area contributed by atoms with E-state index in [1.807, 2.05) is 32.0 Å². The van der Waals surface area contributed by atoms with Gasteiger partial charge in [0.1, 0.15) is 17.2 Å². The maximum atomic E-state index is 12.9. The molecular formula is C25H28N2O6S. The van der Waals surface area contributed by atoms with Crippen molar-refractivity contribution < 1.29 is 27.4 Å². The minimum Gasteiger partial charge on any atom is -0.497 e. The van der Waals surface area contributed by atoms with Crippen LogP contribution in [0, 0.1) is 13.8 Å². The van der Waals surface area contributed by atoms with Gasteiger partial charge in [-0.3, -0.25) is 9.52 Å². The number of nitrogens with one attached hydrogen (secondary N) is 2. The summed E-state index contributed by atoms with van der Waals surface area (Å²) in [7, 11) is -0.971. The van der Waals surface area contributed by atoms with Crippen LogP contribution in [0.15, 0.2) is 65.6 Å². The number of hydrogen-bond acceptors (Lipinski definition) is 6. The Balaban J connectivity index is 1.68. The SMILES string of the molecule is COc1ccc(OC)c(NS(=O)(=O)c2ccc(NC(=O)[C@H](C)Oc3ccc(C)c(C)c3)cc2)c1.